The van der Waals surface area contributed by atoms with Crippen molar-refractivity contribution in [2.45, 2.75) is 4.90 Å². The number of benzene rings is 2. The molecule has 0 radical (unpaired) electrons. The molecule has 0 aliphatic carbocycles. The lowest BCUT2D eigenvalue weighted by Gasteiger charge is -2.10. The van der Waals surface area contributed by atoms with Gasteiger partial charge in [-0.05, 0) is 36.6 Å². The summed E-state index contributed by atoms with van der Waals surface area (Å²) in [5.74, 6) is -1.63. The molecule has 0 saturated carbocycles. The highest BCUT2D eigenvalue weighted by Crippen LogP contribution is 2.28. The van der Waals surface area contributed by atoms with Crippen molar-refractivity contribution < 1.29 is 14.3 Å². The fourth-order valence-electron chi connectivity index (χ4n) is 1.62. The molecule has 2 aromatic carbocycles. The largest absolute Gasteiger partial charge is 0.506 e. The highest BCUT2D eigenvalue weighted by Gasteiger charge is 2.15. The van der Waals surface area contributed by atoms with Gasteiger partial charge in [-0.25, -0.2) is 4.39 Å². The van der Waals surface area contributed by atoms with E-state index in [9.17, 15) is 14.3 Å². The number of nitrogens with one attached hydrogen (secondary N) is 1. The number of anilines is 1. The third-order valence-corrected chi connectivity index (χ3v) is 3.70. The predicted molar refractivity (Wildman–Crippen MR) is 79.3 cm³/mol. The molecule has 2 rings (SSSR count). The van der Waals surface area contributed by atoms with Crippen molar-refractivity contribution >= 4 is 35.0 Å². The number of amides is 1. The number of carbonyl (C=O) groups excluding carboxylic acids is 1. The number of halogens is 2. The molecular weight excluding hydrogens is 301 g/mol. The van der Waals surface area contributed by atoms with Gasteiger partial charge in [0, 0.05) is 4.90 Å². The minimum Gasteiger partial charge on any atom is -0.506 e. The van der Waals surface area contributed by atoms with E-state index in [-0.39, 0.29) is 22.0 Å². The maximum absolute atomic E-state index is 13.6. The Labute approximate surface area is 124 Å². The zero-order valence-corrected chi connectivity index (χ0v) is 12.1. The normalized spacial score (nSPS) is 10.3. The Kier molecular flexibility index (Phi) is 4.52. The maximum atomic E-state index is 13.6. The molecule has 2 N–H and O–H groups in total. The van der Waals surface area contributed by atoms with Crippen molar-refractivity contribution in [2.24, 2.45) is 0 Å². The Morgan fingerprint density at radius 1 is 1.35 bits per heavy atom. The number of hydrogen-bond acceptors (Lipinski definition) is 3. The summed E-state index contributed by atoms with van der Waals surface area (Å²) in [5.41, 5.74) is -0.0377. The van der Waals surface area contributed by atoms with Gasteiger partial charge in [0.2, 0.25) is 0 Å². The number of phenols is 1. The molecule has 0 heterocycles. The monoisotopic (exact) mass is 311 g/mol. The third-order valence-electron chi connectivity index (χ3n) is 2.65. The van der Waals surface area contributed by atoms with E-state index in [0.29, 0.717) is 0 Å². The van der Waals surface area contributed by atoms with Crippen molar-refractivity contribution in [1.29, 1.82) is 0 Å². The van der Waals surface area contributed by atoms with Crippen LogP contribution >= 0.6 is 23.4 Å². The zero-order chi connectivity index (χ0) is 14.7. The molecule has 0 fully saturated rings. The molecule has 2 aromatic rings. The van der Waals surface area contributed by atoms with Crippen LogP contribution in [0, 0.1) is 5.82 Å². The van der Waals surface area contributed by atoms with E-state index in [4.69, 9.17) is 11.6 Å². The number of aromatic hydroxyl groups is 1. The van der Waals surface area contributed by atoms with Gasteiger partial charge in [-0.1, -0.05) is 17.7 Å². The van der Waals surface area contributed by atoms with Crippen molar-refractivity contribution in [3.8, 4) is 5.75 Å². The van der Waals surface area contributed by atoms with Gasteiger partial charge in [0.05, 0.1) is 10.6 Å². The summed E-state index contributed by atoms with van der Waals surface area (Å²) in [4.78, 5) is 13.0. The lowest BCUT2D eigenvalue weighted by molar-refractivity contribution is 0.102. The fraction of sp³-hybridized carbons (Fsp3) is 0.0714. The van der Waals surface area contributed by atoms with Gasteiger partial charge in [-0.2, -0.15) is 0 Å². The summed E-state index contributed by atoms with van der Waals surface area (Å²) in [6, 6.07) is 8.78. The van der Waals surface area contributed by atoms with Gasteiger partial charge in [-0.3, -0.25) is 4.79 Å². The molecule has 3 nitrogen and oxygen atoms in total. The molecule has 0 atom stereocenters. The molecule has 0 spiro atoms. The molecule has 104 valence electrons. The topological polar surface area (TPSA) is 49.3 Å². The molecule has 0 unspecified atom stereocenters. The molecule has 0 aliphatic rings. The summed E-state index contributed by atoms with van der Waals surface area (Å²) < 4.78 is 13.6. The van der Waals surface area contributed by atoms with Crippen LogP contribution in [0.15, 0.2) is 41.3 Å². The standard InChI is InChI=1S/C14H11ClFNO2S/c1-20-8-5-6-10(15)9(7-8)14(19)17-13-11(16)3-2-4-12(13)18/h2-7,18H,1H3,(H,17,19). The van der Waals surface area contributed by atoms with E-state index in [2.05, 4.69) is 5.32 Å². The van der Waals surface area contributed by atoms with E-state index in [1.807, 2.05) is 6.26 Å². The summed E-state index contributed by atoms with van der Waals surface area (Å²) >= 11 is 7.43. The van der Waals surface area contributed by atoms with Crippen molar-refractivity contribution in [3.05, 3.63) is 52.8 Å². The first-order chi connectivity index (χ1) is 9.52. The van der Waals surface area contributed by atoms with Gasteiger partial charge in [0.25, 0.3) is 5.91 Å². The Morgan fingerprint density at radius 2 is 2.10 bits per heavy atom. The van der Waals surface area contributed by atoms with E-state index in [1.54, 1.807) is 18.2 Å². The summed E-state index contributed by atoms with van der Waals surface area (Å²) in [6.07, 6.45) is 1.87. The Bertz CT molecular complexity index is 643. The minimum absolute atomic E-state index is 0.223. The molecule has 0 bridgehead atoms. The number of para-hydroxylation sites is 1. The van der Waals surface area contributed by atoms with Crippen LogP contribution in [0.5, 0.6) is 5.75 Å². The SMILES string of the molecule is CSc1ccc(Cl)c(C(=O)Nc2c(O)cccc2F)c1. The summed E-state index contributed by atoms with van der Waals surface area (Å²) in [7, 11) is 0. The summed E-state index contributed by atoms with van der Waals surface area (Å²) in [5, 5.41) is 12.2. The van der Waals surface area contributed by atoms with Crippen LogP contribution in [-0.2, 0) is 0 Å². The van der Waals surface area contributed by atoms with Gasteiger partial charge in [-0.15, -0.1) is 11.8 Å². The van der Waals surface area contributed by atoms with Crippen molar-refractivity contribution in [1.82, 2.24) is 0 Å². The molecule has 0 aliphatic heterocycles. The Morgan fingerprint density at radius 3 is 2.75 bits per heavy atom. The smallest absolute Gasteiger partial charge is 0.257 e. The molecule has 1 amide bonds. The maximum Gasteiger partial charge on any atom is 0.257 e. The Balaban J connectivity index is 2.33. The van der Waals surface area contributed by atoms with Crippen LogP contribution in [0.3, 0.4) is 0 Å². The number of hydrogen-bond donors (Lipinski definition) is 2. The van der Waals surface area contributed by atoms with E-state index >= 15 is 0 Å². The molecular formula is C14H11ClFNO2S. The lowest BCUT2D eigenvalue weighted by Crippen LogP contribution is -2.13. The van der Waals surface area contributed by atoms with Crippen LogP contribution < -0.4 is 5.32 Å². The predicted octanol–water partition coefficient (Wildman–Crippen LogP) is 4.16. The van der Waals surface area contributed by atoms with Gasteiger partial charge < -0.3 is 10.4 Å². The molecule has 20 heavy (non-hydrogen) atoms. The van der Waals surface area contributed by atoms with E-state index < -0.39 is 11.7 Å². The van der Waals surface area contributed by atoms with Gasteiger partial charge in [0.1, 0.15) is 11.4 Å². The van der Waals surface area contributed by atoms with Gasteiger partial charge in [0.15, 0.2) is 5.82 Å². The second-order valence-corrected chi connectivity index (χ2v) is 5.22. The third kappa shape index (κ3) is 3.05. The Hall–Kier alpha value is -1.72. The second kappa shape index (κ2) is 6.15. The molecule has 0 aromatic heterocycles. The average molecular weight is 312 g/mol. The number of rotatable bonds is 3. The minimum atomic E-state index is -0.713. The lowest BCUT2D eigenvalue weighted by atomic mass is 10.2. The highest BCUT2D eigenvalue weighted by molar-refractivity contribution is 7.98. The van der Waals surface area contributed by atoms with Crippen LogP contribution in [0.4, 0.5) is 10.1 Å². The quantitative estimate of drug-likeness (QED) is 0.661. The fourth-order valence-corrected chi connectivity index (χ4v) is 2.27. The van der Waals surface area contributed by atoms with Crippen molar-refractivity contribution in [2.75, 3.05) is 11.6 Å². The summed E-state index contributed by atoms with van der Waals surface area (Å²) in [6.45, 7) is 0. The molecule has 0 saturated heterocycles. The molecule has 6 heteroatoms. The first-order valence-electron chi connectivity index (χ1n) is 5.65. The number of carbonyl (C=O) groups is 1. The van der Waals surface area contributed by atoms with Crippen molar-refractivity contribution in [3.63, 3.8) is 0 Å². The average Bonchev–Trinajstić information content (AvgIpc) is 2.43. The first kappa shape index (κ1) is 14.7. The number of phenolic OH excluding ortho intramolecular Hbond substituents is 1. The first-order valence-corrected chi connectivity index (χ1v) is 7.25. The highest BCUT2D eigenvalue weighted by atomic mass is 35.5. The second-order valence-electron chi connectivity index (χ2n) is 3.93. The van der Waals surface area contributed by atoms with Gasteiger partial charge >= 0.3 is 0 Å². The van der Waals surface area contributed by atoms with Crippen LogP contribution in [-0.4, -0.2) is 17.3 Å². The number of thioether (sulfide) groups is 1. The van der Waals surface area contributed by atoms with E-state index in [0.717, 1.165) is 11.0 Å². The van der Waals surface area contributed by atoms with Crippen LogP contribution in [0.2, 0.25) is 5.02 Å². The van der Waals surface area contributed by atoms with Crippen LogP contribution in [0.1, 0.15) is 10.4 Å². The van der Waals surface area contributed by atoms with Crippen LogP contribution in [0.25, 0.3) is 0 Å². The van der Waals surface area contributed by atoms with E-state index in [1.165, 1.54) is 23.9 Å². The zero-order valence-electron chi connectivity index (χ0n) is 10.5.